The molecule has 1 aliphatic rings. The molecule has 11 heteroatoms. The number of halogens is 3. The Kier molecular flexibility index (Phi) is 5.98. The summed E-state index contributed by atoms with van der Waals surface area (Å²) in [7, 11) is -3.56. The summed E-state index contributed by atoms with van der Waals surface area (Å²) >= 11 is 1.15. The van der Waals surface area contributed by atoms with Gasteiger partial charge in [0.25, 0.3) is 10.0 Å². The summed E-state index contributed by atoms with van der Waals surface area (Å²) < 4.78 is 66.3. The fraction of sp³-hybridized carbons (Fsp3) is 0.444. The van der Waals surface area contributed by atoms with Gasteiger partial charge in [-0.3, -0.25) is 0 Å². The third kappa shape index (κ3) is 4.02. The molecule has 3 rings (SSSR count). The van der Waals surface area contributed by atoms with Gasteiger partial charge in [0.2, 0.25) is 5.60 Å². The summed E-state index contributed by atoms with van der Waals surface area (Å²) in [5, 5.41) is 20.6. The molecule has 1 aromatic heterocycles. The van der Waals surface area contributed by atoms with E-state index in [9.17, 15) is 26.7 Å². The molecule has 0 aliphatic carbocycles. The van der Waals surface area contributed by atoms with Crippen LogP contribution in [0.2, 0.25) is 0 Å². The van der Waals surface area contributed by atoms with Crippen LogP contribution in [0.4, 0.5) is 18.9 Å². The largest absolute Gasteiger partial charge is 0.423 e. The van der Waals surface area contributed by atoms with Crippen molar-refractivity contribution in [2.75, 3.05) is 31.1 Å². The zero-order valence-corrected chi connectivity index (χ0v) is 17.1. The van der Waals surface area contributed by atoms with Crippen molar-refractivity contribution in [1.82, 2.24) is 4.31 Å². The van der Waals surface area contributed by atoms with Crippen molar-refractivity contribution < 1.29 is 31.8 Å². The van der Waals surface area contributed by atoms with Crippen molar-refractivity contribution >= 4 is 27.0 Å². The van der Waals surface area contributed by atoms with E-state index < -0.39 is 34.0 Å². The number of rotatable bonds is 5. The Bertz CT molecular complexity index is 933. The monoisotopic (exact) mass is 450 g/mol. The highest BCUT2D eigenvalue weighted by molar-refractivity contribution is 7.91. The van der Waals surface area contributed by atoms with Crippen LogP contribution >= 0.6 is 11.3 Å². The zero-order valence-electron chi connectivity index (χ0n) is 15.5. The molecule has 1 aromatic carbocycles. The maximum atomic E-state index is 13.1. The van der Waals surface area contributed by atoms with Crippen LogP contribution in [0.3, 0.4) is 0 Å². The summed E-state index contributed by atoms with van der Waals surface area (Å²) in [5.74, 6) is 0. The van der Waals surface area contributed by atoms with Gasteiger partial charge >= 0.3 is 6.18 Å². The number of hydrogen-bond acceptors (Lipinski definition) is 6. The Morgan fingerprint density at radius 3 is 2.31 bits per heavy atom. The highest BCUT2D eigenvalue weighted by Gasteiger charge is 2.54. The molecule has 2 heterocycles. The van der Waals surface area contributed by atoms with Gasteiger partial charge in [-0.2, -0.15) is 17.5 Å². The molecule has 29 heavy (non-hydrogen) atoms. The second kappa shape index (κ2) is 7.88. The first-order valence-electron chi connectivity index (χ1n) is 8.81. The number of aliphatic hydroxyl groups excluding tert-OH is 1. The topological polar surface area (TPSA) is 81.1 Å². The van der Waals surface area contributed by atoms with Crippen LogP contribution in [0.15, 0.2) is 46.0 Å². The van der Waals surface area contributed by atoms with Crippen molar-refractivity contribution in [2.45, 2.75) is 29.0 Å². The van der Waals surface area contributed by atoms with Crippen molar-refractivity contribution in [2.24, 2.45) is 0 Å². The van der Waals surface area contributed by atoms with Gasteiger partial charge in [0, 0.05) is 31.4 Å². The molecule has 6 nitrogen and oxygen atoms in total. The standard InChI is InChI=1S/C18H21F3N2O4S2/c1-13-11-22(29(26,27)16-3-2-10-28-16)8-9-23(13)15-6-4-14(5-7-15)17(25,12-24)18(19,20)21/h2-7,10,13,24-25H,8-9,11-12H2,1H3/t13-,17-/m0/s1. The van der Waals surface area contributed by atoms with Gasteiger partial charge in [0.05, 0.1) is 6.61 Å². The van der Waals surface area contributed by atoms with Crippen LogP contribution in [0.5, 0.6) is 0 Å². The van der Waals surface area contributed by atoms with Crippen molar-refractivity contribution in [3.63, 3.8) is 0 Å². The van der Waals surface area contributed by atoms with Crippen LogP contribution in [0, 0.1) is 0 Å². The quantitative estimate of drug-likeness (QED) is 0.731. The second-order valence-corrected chi connectivity index (χ2v) is 10.0. The smallest absolute Gasteiger partial charge is 0.393 e. The Labute approximate surface area is 170 Å². The van der Waals surface area contributed by atoms with E-state index in [0.717, 1.165) is 23.5 Å². The van der Waals surface area contributed by atoms with Gasteiger partial charge in [-0.05, 0) is 36.1 Å². The first-order chi connectivity index (χ1) is 13.5. The molecule has 160 valence electrons. The van der Waals surface area contributed by atoms with E-state index in [1.54, 1.807) is 17.5 Å². The third-order valence-electron chi connectivity index (χ3n) is 5.05. The summed E-state index contributed by atoms with van der Waals surface area (Å²) in [6, 6.07) is 8.14. The molecule has 0 radical (unpaired) electrons. The van der Waals surface area contributed by atoms with Gasteiger partial charge in [-0.25, -0.2) is 8.42 Å². The lowest BCUT2D eigenvalue weighted by Crippen LogP contribution is -2.53. The zero-order chi connectivity index (χ0) is 21.4. The summed E-state index contributed by atoms with van der Waals surface area (Å²) in [4.78, 5) is 1.90. The number of thiophene rings is 1. The molecule has 1 fully saturated rings. The number of anilines is 1. The van der Waals surface area contributed by atoms with Gasteiger partial charge in [-0.15, -0.1) is 11.3 Å². The number of sulfonamides is 1. The number of benzene rings is 1. The van der Waals surface area contributed by atoms with E-state index >= 15 is 0 Å². The van der Waals surface area contributed by atoms with E-state index in [4.69, 9.17) is 5.11 Å². The minimum Gasteiger partial charge on any atom is -0.393 e. The average Bonchev–Trinajstić information content (AvgIpc) is 3.22. The predicted octanol–water partition coefficient (Wildman–Crippen LogP) is 2.39. The average molecular weight is 451 g/mol. The highest BCUT2D eigenvalue weighted by atomic mass is 32.2. The molecule has 0 unspecified atom stereocenters. The van der Waals surface area contributed by atoms with Gasteiger partial charge < -0.3 is 15.1 Å². The molecule has 0 amide bonds. The predicted molar refractivity (Wildman–Crippen MR) is 103 cm³/mol. The molecule has 2 N–H and O–H groups in total. The molecule has 2 atom stereocenters. The summed E-state index contributed by atoms with van der Waals surface area (Å²) in [6.07, 6.45) is -5.02. The van der Waals surface area contributed by atoms with Crippen molar-refractivity contribution in [3.05, 3.63) is 47.3 Å². The molecule has 1 aliphatic heterocycles. The molecule has 0 bridgehead atoms. The Morgan fingerprint density at radius 2 is 1.83 bits per heavy atom. The molecular weight excluding hydrogens is 429 g/mol. The maximum Gasteiger partial charge on any atom is 0.423 e. The van der Waals surface area contributed by atoms with E-state index in [1.165, 1.54) is 16.4 Å². The van der Waals surface area contributed by atoms with Crippen LogP contribution < -0.4 is 4.90 Å². The SMILES string of the molecule is C[C@H]1CN(S(=O)(=O)c2cccs2)CCN1c1ccc([C@@](O)(CO)C(F)(F)F)cc1. The highest BCUT2D eigenvalue weighted by Crippen LogP contribution is 2.39. The Morgan fingerprint density at radius 1 is 1.17 bits per heavy atom. The first kappa shape index (κ1) is 22.0. The van der Waals surface area contributed by atoms with E-state index in [2.05, 4.69) is 0 Å². The van der Waals surface area contributed by atoms with Crippen molar-refractivity contribution in [3.8, 4) is 0 Å². The lowest BCUT2D eigenvalue weighted by molar-refractivity contribution is -0.277. The molecule has 0 saturated carbocycles. The normalized spacial score (nSPS) is 21.2. The van der Waals surface area contributed by atoms with Crippen LogP contribution in [-0.4, -0.2) is 61.4 Å². The molecule has 1 saturated heterocycles. The van der Waals surface area contributed by atoms with Crippen LogP contribution in [0.25, 0.3) is 0 Å². The fourth-order valence-corrected chi connectivity index (χ4v) is 5.99. The van der Waals surface area contributed by atoms with Crippen LogP contribution in [-0.2, 0) is 15.6 Å². The molecule has 0 spiro atoms. The maximum absolute atomic E-state index is 13.1. The summed E-state index contributed by atoms with van der Waals surface area (Å²) in [6.45, 7) is 1.21. The van der Waals surface area contributed by atoms with E-state index in [1.807, 2.05) is 11.8 Å². The van der Waals surface area contributed by atoms with Gasteiger partial charge in [0.1, 0.15) is 4.21 Å². The number of nitrogens with zero attached hydrogens (tertiary/aromatic N) is 2. The first-order valence-corrected chi connectivity index (χ1v) is 11.1. The van der Waals surface area contributed by atoms with Gasteiger partial charge in [0.15, 0.2) is 0 Å². The lowest BCUT2D eigenvalue weighted by Gasteiger charge is -2.40. The van der Waals surface area contributed by atoms with Crippen molar-refractivity contribution in [1.29, 1.82) is 0 Å². The fourth-order valence-electron chi connectivity index (χ4n) is 3.34. The third-order valence-corrected chi connectivity index (χ3v) is 8.29. The number of piperazine rings is 1. The Hall–Kier alpha value is -1.66. The summed E-state index contributed by atoms with van der Waals surface area (Å²) in [5.41, 5.74) is -3.18. The van der Waals surface area contributed by atoms with E-state index in [0.29, 0.717) is 12.2 Å². The minimum atomic E-state index is -5.02. The van der Waals surface area contributed by atoms with E-state index in [-0.39, 0.29) is 23.3 Å². The second-order valence-electron chi connectivity index (χ2n) is 6.90. The molecular formula is C18H21F3N2O4S2. The molecule has 2 aromatic rings. The van der Waals surface area contributed by atoms with Crippen LogP contribution in [0.1, 0.15) is 12.5 Å². The minimum absolute atomic E-state index is 0.205. The number of aliphatic hydroxyl groups is 2. The number of hydrogen-bond donors (Lipinski definition) is 2. The number of alkyl halides is 3. The lowest BCUT2D eigenvalue weighted by atomic mass is 9.93. The van der Waals surface area contributed by atoms with Gasteiger partial charge in [-0.1, -0.05) is 18.2 Å². The Balaban J connectivity index is 1.76.